The zero-order valence-corrected chi connectivity index (χ0v) is 15.2. The highest BCUT2D eigenvalue weighted by atomic mass is 16.5. The maximum Gasteiger partial charge on any atom is 0.267 e. The molecule has 2 aromatic rings. The lowest BCUT2D eigenvalue weighted by molar-refractivity contribution is -0.0182. The summed E-state index contributed by atoms with van der Waals surface area (Å²) in [7, 11) is 2.00. The zero-order valence-electron chi connectivity index (χ0n) is 15.2. The van der Waals surface area contributed by atoms with Crippen molar-refractivity contribution in [1.29, 1.82) is 0 Å². The van der Waals surface area contributed by atoms with E-state index in [-0.39, 0.29) is 11.7 Å². The first-order chi connectivity index (χ1) is 12.7. The van der Waals surface area contributed by atoms with Crippen LogP contribution in [0.5, 0.6) is 0 Å². The number of nitrogens with zero attached hydrogens (tertiary/aromatic N) is 5. The van der Waals surface area contributed by atoms with Crippen LogP contribution in [0.3, 0.4) is 0 Å². The highest BCUT2D eigenvalue weighted by Gasteiger charge is 2.33. The van der Waals surface area contributed by atoms with E-state index >= 15 is 0 Å². The number of hydrogen-bond donors (Lipinski definition) is 0. The molecule has 0 aromatic carbocycles. The summed E-state index contributed by atoms with van der Waals surface area (Å²) in [5.74, 6) is 0.497. The molecule has 1 unspecified atom stereocenters. The average molecular weight is 355 g/mol. The molecule has 1 fully saturated rings. The van der Waals surface area contributed by atoms with E-state index in [1.807, 2.05) is 17.9 Å². The van der Waals surface area contributed by atoms with Crippen LogP contribution in [0.4, 0.5) is 0 Å². The van der Waals surface area contributed by atoms with E-state index in [1.165, 1.54) is 11.3 Å². The molecule has 1 atom stereocenters. The van der Waals surface area contributed by atoms with Crippen molar-refractivity contribution < 1.29 is 4.74 Å². The number of aromatic nitrogens is 4. The van der Waals surface area contributed by atoms with Crippen molar-refractivity contribution in [2.24, 2.45) is 13.0 Å². The highest BCUT2D eigenvalue weighted by molar-refractivity contribution is 5.24. The minimum absolute atomic E-state index is 0.0553. The van der Waals surface area contributed by atoms with Crippen LogP contribution in [0.1, 0.15) is 35.0 Å². The lowest BCUT2D eigenvalue weighted by Gasteiger charge is -2.41. The number of hydrogen-bond acceptors (Lipinski definition) is 5. The molecule has 0 radical (unpaired) electrons. The van der Waals surface area contributed by atoms with E-state index in [4.69, 9.17) is 4.74 Å². The van der Waals surface area contributed by atoms with Crippen LogP contribution in [0, 0.1) is 5.92 Å². The molecule has 0 spiro atoms. The Morgan fingerprint density at radius 1 is 1.23 bits per heavy atom. The smallest absolute Gasteiger partial charge is 0.267 e. The first-order valence-corrected chi connectivity index (χ1v) is 9.62. The predicted octanol–water partition coefficient (Wildman–Crippen LogP) is 0.711. The van der Waals surface area contributed by atoms with Crippen LogP contribution >= 0.6 is 0 Å². The Labute approximate surface area is 152 Å². The molecule has 7 heteroatoms. The molecule has 26 heavy (non-hydrogen) atoms. The maximum absolute atomic E-state index is 12.3. The first kappa shape index (κ1) is 16.2. The van der Waals surface area contributed by atoms with Crippen LogP contribution in [-0.4, -0.2) is 50.7 Å². The van der Waals surface area contributed by atoms with Gasteiger partial charge in [-0.3, -0.25) is 14.4 Å². The van der Waals surface area contributed by atoms with E-state index in [0.717, 1.165) is 69.7 Å². The van der Waals surface area contributed by atoms with Crippen LogP contribution in [-0.2, 0) is 37.6 Å². The summed E-state index contributed by atoms with van der Waals surface area (Å²) in [5, 5.41) is 8.98. The fourth-order valence-electron chi connectivity index (χ4n) is 4.58. The Morgan fingerprint density at radius 3 is 3.00 bits per heavy atom. The van der Waals surface area contributed by atoms with Gasteiger partial charge in [-0.25, -0.2) is 4.68 Å². The van der Waals surface area contributed by atoms with E-state index in [1.54, 1.807) is 10.7 Å². The van der Waals surface area contributed by atoms with Crippen molar-refractivity contribution >= 4 is 0 Å². The molecule has 0 bridgehead atoms. The van der Waals surface area contributed by atoms with Gasteiger partial charge in [0.15, 0.2) is 0 Å². The number of ether oxygens (including phenoxy) is 1. The average Bonchev–Trinajstić information content (AvgIpc) is 3.20. The monoisotopic (exact) mass is 355 g/mol. The second-order valence-electron chi connectivity index (χ2n) is 7.85. The van der Waals surface area contributed by atoms with Gasteiger partial charge in [0, 0.05) is 56.3 Å². The summed E-state index contributed by atoms with van der Waals surface area (Å²) in [6.45, 7) is 4.40. The van der Waals surface area contributed by atoms with Gasteiger partial charge < -0.3 is 4.74 Å². The van der Waals surface area contributed by atoms with Gasteiger partial charge in [-0.15, -0.1) is 0 Å². The van der Waals surface area contributed by atoms with Gasteiger partial charge in [0.1, 0.15) is 0 Å². The molecule has 138 valence electrons. The van der Waals surface area contributed by atoms with E-state index < -0.39 is 0 Å². The molecule has 3 aliphatic rings. The van der Waals surface area contributed by atoms with Crippen LogP contribution in [0.15, 0.2) is 17.1 Å². The second-order valence-corrected chi connectivity index (χ2v) is 7.85. The minimum atomic E-state index is 0.0553. The Bertz CT molecular complexity index is 881. The number of rotatable bonds is 4. The standard InChI is InChI=1S/C19H25N5O2/c1-22-17-5-6-26-18(15(17)8-20-22)12-23-9-13(10-23)11-24-19(25)7-14-3-2-4-16(14)21-24/h7-8,13,18H,2-6,9-12H2,1H3. The largest absolute Gasteiger partial charge is 0.372 e. The Balaban J connectivity index is 1.19. The second kappa shape index (κ2) is 6.32. The fourth-order valence-corrected chi connectivity index (χ4v) is 4.58. The summed E-state index contributed by atoms with van der Waals surface area (Å²) in [6.07, 6.45) is 6.16. The third kappa shape index (κ3) is 2.79. The van der Waals surface area contributed by atoms with Gasteiger partial charge in [-0.05, 0) is 24.8 Å². The summed E-state index contributed by atoms with van der Waals surface area (Å²) < 4.78 is 9.64. The Morgan fingerprint density at radius 2 is 2.12 bits per heavy atom. The fraction of sp³-hybridized carbons (Fsp3) is 0.632. The molecule has 2 aliphatic heterocycles. The van der Waals surface area contributed by atoms with E-state index in [0.29, 0.717) is 5.92 Å². The van der Waals surface area contributed by atoms with Crippen molar-refractivity contribution in [3.63, 3.8) is 0 Å². The van der Waals surface area contributed by atoms with Crippen LogP contribution < -0.4 is 5.56 Å². The summed E-state index contributed by atoms with van der Waals surface area (Å²) >= 11 is 0. The molecule has 0 N–H and O–H groups in total. The minimum Gasteiger partial charge on any atom is -0.372 e. The lowest BCUT2D eigenvalue weighted by Crippen LogP contribution is -2.51. The molecule has 1 saturated heterocycles. The van der Waals surface area contributed by atoms with E-state index in [9.17, 15) is 4.79 Å². The van der Waals surface area contributed by atoms with Crippen LogP contribution in [0.2, 0.25) is 0 Å². The third-order valence-electron chi connectivity index (χ3n) is 6.01. The maximum atomic E-state index is 12.3. The summed E-state index contributed by atoms with van der Waals surface area (Å²) in [4.78, 5) is 14.7. The normalized spacial score (nSPS) is 22.9. The number of fused-ring (bicyclic) bond motifs is 2. The topological polar surface area (TPSA) is 65.2 Å². The summed E-state index contributed by atoms with van der Waals surface area (Å²) in [6, 6.07) is 1.80. The molecule has 5 rings (SSSR count). The molecule has 7 nitrogen and oxygen atoms in total. The zero-order chi connectivity index (χ0) is 17.7. The summed E-state index contributed by atoms with van der Waals surface area (Å²) in [5.41, 5.74) is 4.87. The van der Waals surface area contributed by atoms with Gasteiger partial charge in [0.25, 0.3) is 5.56 Å². The quantitative estimate of drug-likeness (QED) is 0.808. The van der Waals surface area contributed by atoms with Crippen molar-refractivity contribution in [3.05, 3.63) is 45.1 Å². The predicted molar refractivity (Wildman–Crippen MR) is 96.1 cm³/mol. The van der Waals surface area contributed by atoms with Crippen molar-refractivity contribution in [3.8, 4) is 0 Å². The lowest BCUT2D eigenvalue weighted by atomic mass is 9.97. The molecular formula is C19H25N5O2. The third-order valence-corrected chi connectivity index (χ3v) is 6.01. The molecule has 4 heterocycles. The molecular weight excluding hydrogens is 330 g/mol. The van der Waals surface area contributed by atoms with Gasteiger partial charge in [0.05, 0.1) is 31.1 Å². The highest BCUT2D eigenvalue weighted by Crippen LogP contribution is 2.29. The van der Waals surface area contributed by atoms with Crippen LogP contribution in [0.25, 0.3) is 0 Å². The van der Waals surface area contributed by atoms with Gasteiger partial charge in [-0.2, -0.15) is 10.2 Å². The SMILES string of the molecule is Cn1ncc2c1CCOC2CN1CC(Cn2nc3c(cc2=O)CCC3)C1. The number of aryl methyl sites for hydroxylation is 3. The first-order valence-electron chi connectivity index (χ1n) is 9.62. The van der Waals surface area contributed by atoms with E-state index in [2.05, 4.69) is 15.1 Å². The van der Waals surface area contributed by atoms with Gasteiger partial charge in [0.2, 0.25) is 0 Å². The Hall–Kier alpha value is -1.99. The van der Waals surface area contributed by atoms with Crippen molar-refractivity contribution in [1.82, 2.24) is 24.5 Å². The molecule has 0 saturated carbocycles. The molecule has 2 aromatic heterocycles. The van der Waals surface area contributed by atoms with Crippen molar-refractivity contribution in [2.75, 3.05) is 26.2 Å². The van der Waals surface area contributed by atoms with Gasteiger partial charge >= 0.3 is 0 Å². The van der Waals surface area contributed by atoms with Gasteiger partial charge in [-0.1, -0.05) is 0 Å². The molecule has 1 aliphatic carbocycles. The molecule has 0 amide bonds. The Kier molecular flexibility index (Phi) is 3.94. The van der Waals surface area contributed by atoms with Crippen molar-refractivity contribution in [2.45, 2.75) is 38.3 Å². The number of likely N-dealkylation sites (tertiary alicyclic amines) is 1.